The van der Waals surface area contributed by atoms with Crippen LogP contribution in [-0.2, 0) is 6.42 Å². The molecule has 0 atom stereocenters. The van der Waals surface area contributed by atoms with Gasteiger partial charge in [0.2, 0.25) is 0 Å². The molecule has 2 N–H and O–H groups in total. The Morgan fingerprint density at radius 2 is 1.73 bits per heavy atom. The first-order chi connectivity index (χ1) is 10.1. The fourth-order valence-corrected chi connectivity index (χ4v) is 2.14. The van der Waals surface area contributed by atoms with E-state index < -0.39 is 0 Å². The van der Waals surface area contributed by atoms with Crippen molar-refractivity contribution in [1.82, 2.24) is 9.36 Å². The molecule has 0 aliphatic rings. The van der Waals surface area contributed by atoms with E-state index in [0.717, 1.165) is 12.2 Å². The van der Waals surface area contributed by atoms with E-state index in [2.05, 4.69) is 74.5 Å². The predicted octanol–water partition coefficient (Wildman–Crippen LogP) is 4.80. The van der Waals surface area contributed by atoms with E-state index in [0.29, 0.717) is 6.01 Å². The zero-order chi connectivity index (χ0) is 16.8. The van der Waals surface area contributed by atoms with Gasteiger partial charge < -0.3 is 15.1 Å². The second kappa shape index (κ2) is 7.63. The third-order valence-electron chi connectivity index (χ3n) is 2.32. The quantitative estimate of drug-likeness (QED) is 0.849. The molecule has 2 rings (SSSR count). The van der Waals surface area contributed by atoms with Crippen LogP contribution in [0.3, 0.4) is 0 Å². The van der Waals surface area contributed by atoms with E-state index in [1.807, 2.05) is 0 Å². The molecular formula is C16H28N4OS. The first-order valence-corrected chi connectivity index (χ1v) is 8.28. The van der Waals surface area contributed by atoms with Gasteiger partial charge in [0, 0.05) is 16.0 Å². The monoisotopic (exact) mass is 324 g/mol. The van der Waals surface area contributed by atoms with Crippen molar-refractivity contribution in [1.29, 1.82) is 0 Å². The highest BCUT2D eigenvalue weighted by molar-refractivity contribution is 7.06. The molecule has 2 aromatic heterocycles. The number of anilines is 2. The van der Waals surface area contributed by atoms with Gasteiger partial charge in [-0.1, -0.05) is 6.92 Å². The summed E-state index contributed by atoms with van der Waals surface area (Å²) in [6.45, 7) is 14.7. The second-order valence-electron chi connectivity index (χ2n) is 7.12. The number of nitrogens with zero attached hydrogens (tertiary/aromatic N) is 2. The maximum absolute atomic E-state index is 4.99. The highest BCUT2D eigenvalue weighted by atomic mass is 32.1. The second-order valence-corrected chi connectivity index (χ2v) is 8.01. The Labute approximate surface area is 137 Å². The normalized spacial score (nSPS) is 11.6. The van der Waals surface area contributed by atoms with Gasteiger partial charge in [-0.25, -0.2) is 4.98 Å². The smallest absolute Gasteiger partial charge is 0.294 e. The van der Waals surface area contributed by atoms with Gasteiger partial charge in [0.15, 0.2) is 0 Å². The lowest BCUT2D eigenvalue weighted by Gasteiger charge is -2.19. The van der Waals surface area contributed by atoms with Crippen molar-refractivity contribution in [2.75, 3.05) is 10.6 Å². The molecule has 0 bridgehead atoms. The van der Waals surface area contributed by atoms with Crippen LogP contribution >= 0.6 is 11.5 Å². The predicted molar refractivity (Wildman–Crippen MR) is 94.7 cm³/mol. The third-order valence-corrected chi connectivity index (χ3v) is 3.25. The van der Waals surface area contributed by atoms with Crippen LogP contribution < -0.4 is 10.6 Å². The average molecular weight is 324 g/mol. The molecule has 0 amide bonds. The summed E-state index contributed by atoms with van der Waals surface area (Å²) in [7, 11) is 0. The van der Waals surface area contributed by atoms with Crippen LogP contribution in [0.5, 0.6) is 0 Å². The van der Waals surface area contributed by atoms with Crippen LogP contribution in [-0.4, -0.2) is 20.4 Å². The third kappa shape index (κ3) is 8.02. The molecule has 0 saturated carbocycles. The van der Waals surface area contributed by atoms with Gasteiger partial charge in [0.1, 0.15) is 12.1 Å². The summed E-state index contributed by atoms with van der Waals surface area (Å²) in [5, 5.41) is 6.42. The van der Waals surface area contributed by atoms with E-state index in [4.69, 9.17) is 4.42 Å². The zero-order valence-electron chi connectivity index (χ0n) is 14.7. The van der Waals surface area contributed by atoms with Crippen LogP contribution in [0.15, 0.2) is 22.9 Å². The highest BCUT2D eigenvalue weighted by Gasteiger charge is 2.11. The van der Waals surface area contributed by atoms with Gasteiger partial charge in [0.05, 0.1) is 6.20 Å². The van der Waals surface area contributed by atoms with Crippen molar-refractivity contribution in [2.24, 2.45) is 0 Å². The number of hydrogen-bond donors (Lipinski definition) is 2. The van der Waals surface area contributed by atoms with Gasteiger partial charge in [-0.2, -0.15) is 4.37 Å². The maximum Gasteiger partial charge on any atom is 0.294 e. The van der Waals surface area contributed by atoms with E-state index >= 15 is 0 Å². The van der Waals surface area contributed by atoms with Gasteiger partial charge in [-0.15, -0.1) is 0 Å². The number of aryl methyl sites for hydroxylation is 1. The Bertz CT molecular complexity index is 535. The van der Waals surface area contributed by atoms with Crippen molar-refractivity contribution in [2.45, 2.75) is 66.0 Å². The van der Waals surface area contributed by atoms with Crippen molar-refractivity contribution < 1.29 is 4.42 Å². The summed E-state index contributed by atoms with van der Waals surface area (Å²) in [4.78, 5) is 5.26. The van der Waals surface area contributed by atoms with Crippen LogP contribution in [0.4, 0.5) is 11.8 Å². The minimum atomic E-state index is 0.0187. The molecule has 0 saturated heterocycles. The average Bonchev–Trinajstić information content (AvgIpc) is 2.97. The number of hydrogen-bond acceptors (Lipinski definition) is 6. The lowest BCUT2D eigenvalue weighted by molar-refractivity contribution is 0.531. The fraction of sp³-hybridized carbons (Fsp3) is 0.625. The molecule has 6 heteroatoms. The molecule has 0 spiro atoms. The van der Waals surface area contributed by atoms with Crippen LogP contribution in [0, 0.1) is 0 Å². The maximum atomic E-state index is 4.99. The topological polar surface area (TPSA) is 63.0 Å². The fourth-order valence-electron chi connectivity index (χ4n) is 1.53. The van der Waals surface area contributed by atoms with E-state index in [1.54, 1.807) is 24.0 Å². The summed E-state index contributed by atoms with van der Waals surface area (Å²) in [6.07, 6.45) is 4.24. The molecule has 0 aromatic carbocycles. The number of aromatic nitrogens is 2. The van der Waals surface area contributed by atoms with Crippen molar-refractivity contribution in [3.05, 3.63) is 23.4 Å². The van der Waals surface area contributed by atoms with Crippen LogP contribution in [0.1, 0.15) is 53.3 Å². The van der Waals surface area contributed by atoms with Crippen LogP contribution in [0.2, 0.25) is 0 Å². The van der Waals surface area contributed by atoms with Crippen molar-refractivity contribution >= 4 is 23.4 Å². The molecular weight excluding hydrogens is 296 g/mol. The zero-order valence-corrected chi connectivity index (χ0v) is 15.5. The number of rotatable bonds is 3. The standard InChI is InChI=1S/C9H16N2S.C7H12N2O/c1-5-7-6-8(11-12-7)10-9(2,3)4;1-7(2,3)9-6-8-4-5-10-6/h6H,5H2,1-4H3,(H,10,11);4-5H,1-3H3,(H,8,9). The molecule has 0 aliphatic carbocycles. The summed E-state index contributed by atoms with van der Waals surface area (Å²) < 4.78 is 9.29. The molecule has 0 aliphatic heterocycles. The van der Waals surface area contributed by atoms with Gasteiger partial charge in [-0.05, 0) is 65.6 Å². The Balaban J connectivity index is 0.000000224. The molecule has 2 heterocycles. The van der Waals surface area contributed by atoms with E-state index in [9.17, 15) is 0 Å². The Kier molecular flexibility index (Phi) is 6.41. The van der Waals surface area contributed by atoms with E-state index in [-0.39, 0.29) is 11.1 Å². The first kappa shape index (κ1) is 18.5. The molecule has 22 heavy (non-hydrogen) atoms. The summed E-state index contributed by atoms with van der Waals surface area (Å²) in [5.41, 5.74) is 0.129. The molecule has 0 fully saturated rings. The first-order valence-electron chi connectivity index (χ1n) is 7.50. The molecule has 124 valence electrons. The summed E-state index contributed by atoms with van der Waals surface area (Å²) in [6, 6.07) is 2.70. The largest absolute Gasteiger partial charge is 0.432 e. The lowest BCUT2D eigenvalue weighted by atomic mass is 10.1. The number of oxazole rings is 1. The summed E-state index contributed by atoms with van der Waals surface area (Å²) >= 11 is 1.58. The number of nitrogens with one attached hydrogen (secondary N) is 2. The van der Waals surface area contributed by atoms with E-state index in [1.165, 1.54) is 4.88 Å². The summed E-state index contributed by atoms with van der Waals surface area (Å²) in [5.74, 6) is 1.00. The van der Waals surface area contributed by atoms with Crippen molar-refractivity contribution in [3.63, 3.8) is 0 Å². The Hall–Kier alpha value is -1.56. The van der Waals surface area contributed by atoms with Crippen LogP contribution in [0.25, 0.3) is 0 Å². The SMILES string of the molecule is CC(C)(C)Nc1ncco1.CCc1cc(NC(C)(C)C)ns1. The van der Waals surface area contributed by atoms with Gasteiger partial charge in [-0.3, -0.25) is 0 Å². The highest BCUT2D eigenvalue weighted by Crippen LogP contribution is 2.18. The minimum Gasteiger partial charge on any atom is -0.432 e. The van der Waals surface area contributed by atoms with Crippen molar-refractivity contribution in [3.8, 4) is 0 Å². The molecule has 2 aromatic rings. The molecule has 5 nitrogen and oxygen atoms in total. The molecule has 0 radical (unpaired) electrons. The molecule has 0 unspecified atom stereocenters. The van der Waals surface area contributed by atoms with Gasteiger partial charge in [0.25, 0.3) is 6.01 Å². The Morgan fingerprint density at radius 1 is 1.09 bits per heavy atom. The van der Waals surface area contributed by atoms with Gasteiger partial charge >= 0.3 is 0 Å². The minimum absolute atomic E-state index is 0.0187. The Morgan fingerprint density at radius 3 is 2.14 bits per heavy atom. The lowest BCUT2D eigenvalue weighted by Crippen LogP contribution is -2.26.